The summed E-state index contributed by atoms with van der Waals surface area (Å²) in [5.74, 6) is -0.338. The van der Waals surface area contributed by atoms with E-state index in [9.17, 15) is 14.4 Å². The number of halogens is 2. The van der Waals surface area contributed by atoms with Crippen LogP contribution in [0.15, 0.2) is 59.5 Å². The van der Waals surface area contributed by atoms with E-state index in [0.717, 1.165) is 46.1 Å². The lowest BCUT2D eigenvalue weighted by Gasteiger charge is -2.19. The Balaban J connectivity index is 1.53. The average Bonchev–Trinajstić information content (AvgIpc) is 3.10. The molecule has 0 aliphatic carbocycles. The molecule has 6 nitrogen and oxygen atoms in total. The van der Waals surface area contributed by atoms with Crippen molar-refractivity contribution in [3.8, 4) is 5.75 Å². The number of benzene rings is 3. The summed E-state index contributed by atoms with van der Waals surface area (Å²) < 4.78 is 12.9. The molecule has 3 aromatic carbocycles. The Morgan fingerprint density at radius 1 is 1.09 bits per heavy atom. The number of nitrogens with zero attached hydrogens (tertiary/aromatic N) is 1. The van der Waals surface area contributed by atoms with E-state index in [0.29, 0.717) is 6.61 Å². The van der Waals surface area contributed by atoms with Gasteiger partial charge in [0.15, 0.2) is 0 Å². The molecule has 1 heterocycles. The molecule has 0 unspecified atom stereocenters. The third-order valence-corrected chi connectivity index (χ3v) is 7.90. The highest BCUT2D eigenvalue weighted by Gasteiger charge is 2.41. The van der Waals surface area contributed by atoms with Crippen LogP contribution in [0.5, 0.6) is 5.75 Å². The fourth-order valence-electron chi connectivity index (χ4n) is 3.70. The van der Waals surface area contributed by atoms with Crippen LogP contribution in [0, 0.1) is 7.14 Å². The summed E-state index contributed by atoms with van der Waals surface area (Å²) in [7, 11) is 0. The van der Waals surface area contributed by atoms with Crippen LogP contribution in [-0.2, 0) is 20.9 Å². The van der Waals surface area contributed by atoms with Gasteiger partial charge in [0.1, 0.15) is 18.4 Å². The Labute approximate surface area is 234 Å². The molecule has 1 atom stereocenters. The lowest BCUT2D eigenvalue weighted by molar-refractivity contribution is -0.150. The summed E-state index contributed by atoms with van der Waals surface area (Å²) in [6, 6.07) is 17.2. The minimum absolute atomic E-state index is 0.182. The largest absolute Gasteiger partial charge is 0.487 e. The molecule has 1 aliphatic heterocycles. The van der Waals surface area contributed by atoms with Gasteiger partial charge in [0, 0.05) is 0 Å². The van der Waals surface area contributed by atoms with E-state index in [2.05, 4.69) is 69.4 Å². The van der Waals surface area contributed by atoms with E-state index in [1.165, 1.54) is 12.3 Å². The number of thioether (sulfide) groups is 1. The second kappa shape index (κ2) is 11.3. The van der Waals surface area contributed by atoms with Gasteiger partial charge in [0.25, 0.3) is 11.1 Å². The standard InChI is InChI=1S/C26H21I2NO5S/c1-3-33-25(31)15(2)29-24(30)22(35-26(29)32)13-16-11-20(27)23(21(28)12-16)34-14-18-9-6-8-17-7-4-5-10-19(17)18/h4-13,15H,3,14H2,1-2H3/b22-13+/t15-/m1/s1. The number of hydrogen-bond acceptors (Lipinski definition) is 6. The zero-order valence-corrected chi connectivity index (χ0v) is 24.0. The van der Waals surface area contributed by atoms with Gasteiger partial charge in [-0.2, -0.15) is 0 Å². The van der Waals surface area contributed by atoms with Crippen molar-refractivity contribution in [3.05, 3.63) is 77.8 Å². The van der Waals surface area contributed by atoms with Crippen LogP contribution in [0.1, 0.15) is 25.0 Å². The predicted octanol–water partition coefficient (Wildman–Crippen LogP) is 6.62. The summed E-state index contributed by atoms with van der Waals surface area (Å²) in [6.07, 6.45) is 1.67. The third kappa shape index (κ3) is 5.67. The first-order chi connectivity index (χ1) is 16.8. The predicted molar refractivity (Wildman–Crippen MR) is 154 cm³/mol. The molecule has 0 saturated carbocycles. The molecule has 0 radical (unpaired) electrons. The van der Waals surface area contributed by atoms with E-state index in [4.69, 9.17) is 9.47 Å². The van der Waals surface area contributed by atoms with Gasteiger partial charge >= 0.3 is 5.97 Å². The monoisotopic (exact) mass is 713 g/mol. The van der Waals surface area contributed by atoms with Gasteiger partial charge in [-0.05, 0) is 111 Å². The number of imide groups is 1. The van der Waals surface area contributed by atoms with E-state index < -0.39 is 23.2 Å². The molecule has 9 heteroatoms. The van der Waals surface area contributed by atoms with Gasteiger partial charge in [-0.1, -0.05) is 42.5 Å². The highest BCUT2D eigenvalue weighted by Crippen LogP contribution is 2.36. The SMILES string of the molecule is CCOC(=O)[C@@H](C)N1C(=O)S/C(=C/c2cc(I)c(OCc3cccc4ccccc34)c(I)c2)C1=O. The Bertz CT molecular complexity index is 1330. The zero-order chi connectivity index (χ0) is 25.1. The fourth-order valence-corrected chi connectivity index (χ4v) is 6.74. The first-order valence-corrected chi connectivity index (χ1v) is 13.8. The number of esters is 1. The Hall–Kier alpha value is -2.12. The van der Waals surface area contributed by atoms with Gasteiger partial charge < -0.3 is 9.47 Å². The first-order valence-electron chi connectivity index (χ1n) is 10.8. The molecular formula is C26H21I2NO5S. The Kier molecular flexibility index (Phi) is 8.38. The normalized spacial score (nSPS) is 15.7. The Morgan fingerprint density at radius 2 is 1.77 bits per heavy atom. The summed E-state index contributed by atoms with van der Waals surface area (Å²) in [4.78, 5) is 38.5. The average molecular weight is 713 g/mol. The van der Waals surface area contributed by atoms with E-state index in [-0.39, 0.29) is 11.5 Å². The van der Waals surface area contributed by atoms with Crippen LogP contribution in [0.25, 0.3) is 16.8 Å². The molecule has 0 spiro atoms. The van der Waals surface area contributed by atoms with Crippen LogP contribution in [-0.4, -0.2) is 34.7 Å². The second-order valence-electron chi connectivity index (χ2n) is 7.72. The molecule has 1 aliphatic rings. The number of carbonyl (C=O) groups is 3. The zero-order valence-electron chi connectivity index (χ0n) is 18.9. The molecule has 35 heavy (non-hydrogen) atoms. The summed E-state index contributed by atoms with van der Waals surface area (Å²) >= 11 is 5.24. The fraction of sp³-hybridized carbons (Fsp3) is 0.192. The van der Waals surface area contributed by atoms with E-state index >= 15 is 0 Å². The molecule has 0 N–H and O–H groups in total. The van der Waals surface area contributed by atoms with Crippen molar-refractivity contribution < 1.29 is 23.9 Å². The molecule has 1 saturated heterocycles. The van der Waals surface area contributed by atoms with Crippen LogP contribution in [0.4, 0.5) is 4.79 Å². The maximum Gasteiger partial charge on any atom is 0.329 e. The smallest absolute Gasteiger partial charge is 0.329 e. The topological polar surface area (TPSA) is 72.9 Å². The van der Waals surface area contributed by atoms with Gasteiger partial charge in [0.2, 0.25) is 0 Å². The minimum Gasteiger partial charge on any atom is -0.487 e. The van der Waals surface area contributed by atoms with Crippen molar-refractivity contribution >= 4 is 90.9 Å². The second-order valence-corrected chi connectivity index (χ2v) is 11.0. The maximum atomic E-state index is 12.9. The number of amides is 2. The van der Waals surface area contributed by atoms with Crippen molar-refractivity contribution in [3.63, 3.8) is 0 Å². The van der Waals surface area contributed by atoms with Crippen molar-refractivity contribution in [1.82, 2.24) is 4.90 Å². The summed E-state index contributed by atoms with van der Waals surface area (Å²) in [5.41, 5.74) is 1.87. The van der Waals surface area contributed by atoms with Crippen molar-refractivity contribution in [2.45, 2.75) is 26.5 Å². The molecule has 2 amide bonds. The molecule has 0 aromatic heterocycles. The molecule has 0 bridgehead atoms. The summed E-state index contributed by atoms with van der Waals surface area (Å²) in [6.45, 7) is 3.78. The van der Waals surface area contributed by atoms with Crippen molar-refractivity contribution in [1.29, 1.82) is 0 Å². The summed E-state index contributed by atoms with van der Waals surface area (Å²) in [5, 5.41) is 1.84. The maximum absolute atomic E-state index is 12.9. The van der Waals surface area contributed by atoms with E-state index in [1.807, 2.05) is 30.3 Å². The van der Waals surface area contributed by atoms with Crippen LogP contribution in [0.2, 0.25) is 0 Å². The van der Waals surface area contributed by atoms with Gasteiger partial charge in [-0.25, -0.2) is 4.79 Å². The van der Waals surface area contributed by atoms with Crippen LogP contribution < -0.4 is 4.74 Å². The molecule has 3 aromatic rings. The minimum atomic E-state index is -0.974. The van der Waals surface area contributed by atoms with E-state index in [1.54, 1.807) is 13.0 Å². The molecule has 1 fully saturated rings. The number of fused-ring (bicyclic) bond motifs is 1. The lowest BCUT2D eigenvalue weighted by atomic mass is 10.1. The quantitative estimate of drug-likeness (QED) is 0.156. The number of hydrogen-bond donors (Lipinski definition) is 0. The first kappa shape index (κ1) is 26.0. The highest BCUT2D eigenvalue weighted by atomic mass is 127. The molecule has 4 rings (SSSR count). The highest BCUT2D eigenvalue weighted by molar-refractivity contribution is 14.1. The number of rotatable bonds is 7. The molecule has 180 valence electrons. The Morgan fingerprint density at radius 3 is 2.49 bits per heavy atom. The lowest BCUT2D eigenvalue weighted by Crippen LogP contribution is -2.42. The van der Waals surface area contributed by atoms with Crippen LogP contribution >= 0.6 is 56.9 Å². The van der Waals surface area contributed by atoms with Gasteiger partial charge in [0.05, 0.1) is 18.7 Å². The van der Waals surface area contributed by atoms with Gasteiger partial charge in [-0.15, -0.1) is 0 Å². The van der Waals surface area contributed by atoms with Crippen LogP contribution in [0.3, 0.4) is 0 Å². The number of carbonyl (C=O) groups excluding carboxylic acids is 3. The van der Waals surface area contributed by atoms with Gasteiger partial charge in [-0.3, -0.25) is 14.5 Å². The number of ether oxygens (including phenoxy) is 2. The van der Waals surface area contributed by atoms with Crippen molar-refractivity contribution in [2.75, 3.05) is 6.61 Å². The molecular weight excluding hydrogens is 692 g/mol. The van der Waals surface area contributed by atoms with Crippen molar-refractivity contribution in [2.24, 2.45) is 0 Å². The third-order valence-electron chi connectivity index (χ3n) is 5.41.